The number of carbonyl (C=O) groups is 1. The largest absolute Gasteiger partial charge is 0.398 e. The van der Waals surface area contributed by atoms with E-state index >= 15 is 0 Å². The number of benzene rings is 2. The van der Waals surface area contributed by atoms with E-state index in [0.29, 0.717) is 5.56 Å². The van der Waals surface area contributed by atoms with Gasteiger partial charge in [0.15, 0.2) is 17.4 Å². The number of unbranched alkanes of at least 4 members (excludes halogenated alkanes) is 1. The maximum absolute atomic E-state index is 13.3. The fourth-order valence-electron chi connectivity index (χ4n) is 2.12. The third kappa shape index (κ3) is 3.45. The van der Waals surface area contributed by atoms with Gasteiger partial charge in [-0.1, -0.05) is 37.6 Å². The van der Waals surface area contributed by atoms with Gasteiger partial charge in [0.2, 0.25) is 0 Å². The zero-order valence-electron chi connectivity index (χ0n) is 11.8. The number of rotatable bonds is 5. The van der Waals surface area contributed by atoms with Gasteiger partial charge >= 0.3 is 0 Å². The molecule has 0 radical (unpaired) electrons. The summed E-state index contributed by atoms with van der Waals surface area (Å²) in [5.41, 5.74) is 7.07. The third-order valence-electron chi connectivity index (χ3n) is 3.37. The molecule has 0 aliphatic rings. The van der Waals surface area contributed by atoms with E-state index in [9.17, 15) is 13.6 Å². The van der Waals surface area contributed by atoms with E-state index in [1.807, 2.05) is 12.1 Å². The number of ketones is 1. The SMILES string of the molecule is CCCCc1ccc(C(=O)c2cc(F)c(F)cc2N)cc1. The molecular weight excluding hydrogens is 272 g/mol. The molecule has 2 aromatic rings. The highest BCUT2D eigenvalue weighted by Gasteiger charge is 2.16. The smallest absolute Gasteiger partial charge is 0.195 e. The van der Waals surface area contributed by atoms with E-state index in [2.05, 4.69) is 6.92 Å². The molecule has 21 heavy (non-hydrogen) atoms. The molecule has 0 heterocycles. The average Bonchev–Trinajstić information content (AvgIpc) is 2.48. The van der Waals surface area contributed by atoms with E-state index in [0.717, 1.165) is 37.0 Å². The molecule has 0 aliphatic carbocycles. The molecule has 0 saturated carbocycles. The molecule has 110 valence electrons. The molecule has 0 saturated heterocycles. The molecule has 0 aromatic heterocycles. The second kappa shape index (κ2) is 6.48. The summed E-state index contributed by atoms with van der Waals surface area (Å²) >= 11 is 0. The third-order valence-corrected chi connectivity index (χ3v) is 3.37. The Morgan fingerprint density at radius 2 is 1.71 bits per heavy atom. The molecule has 2 N–H and O–H groups in total. The van der Waals surface area contributed by atoms with Gasteiger partial charge in [-0.05, 0) is 24.5 Å². The molecule has 2 aromatic carbocycles. The van der Waals surface area contributed by atoms with E-state index in [1.165, 1.54) is 0 Å². The Bertz CT molecular complexity index is 651. The van der Waals surface area contributed by atoms with Crippen LogP contribution in [0.25, 0.3) is 0 Å². The zero-order valence-corrected chi connectivity index (χ0v) is 11.8. The predicted octanol–water partition coefficient (Wildman–Crippen LogP) is 4.12. The molecule has 0 fully saturated rings. The lowest BCUT2D eigenvalue weighted by Gasteiger charge is -2.07. The Hall–Kier alpha value is -2.23. The maximum atomic E-state index is 13.3. The summed E-state index contributed by atoms with van der Waals surface area (Å²) in [6, 6.07) is 8.80. The molecule has 2 rings (SSSR count). The zero-order chi connectivity index (χ0) is 15.4. The summed E-state index contributed by atoms with van der Waals surface area (Å²) in [6.07, 6.45) is 3.15. The Kier molecular flexibility index (Phi) is 4.68. The first-order valence-electron chi connectivity index (χ1n) is 6.91. The van der Waals surface area contributed by atoms with Crippen LogP contribution >= 0.6 is 0 Å². The van der Waals surface area contributed by atoms with Gasteiger partial charge < -0.3 is 5.73 Å². The van der Waals surface area contributed by atoms with Crippen LogP contribution in [0.15, 0.2) is 36.4 Å². The Morgan fingerprint density at radius 1 is 1.10 bits per heavy atom. The van der Waals surface area contributed by atoms with Crippen molar-refractivity contribution in [1.82, 2.24) is 0 Å². The number of anilines is 1. The van der Waals surface area contributed by atoms with Crippen LogP contribution in [-0.2, 0) is 6.42 Å². The van der Waals surface area contributed by atoms with Crippen molar-refractivity contribution in [3.8, 4) is 0 Å². The Labute approximate surface area is 122 Å². The highest BCUT2D eigenvalue weighted by atomic mass is 19.2. The van der Waals surface area contributed by atoms with Crippen molar-refractivity contribution in [2.45, 2.75) is 26.2 Å². The first kappa shape index (κ1) is 15.2. The van der Waals surface area contributed by atoms with E-state index in [-0.39, 0.29) is 11.3 Å². The molecule has 0 unspecified atom stereocenters. The monoisotopic (exact) mass is 289 g/mol. The predicted molar refractivity (Wildman–Crippen MR) is 79.3 cm³/mol. The Morgan fingerprint density at radius 3 is 2.33 bits per heavy atom. The molecule has 0 amide bonds. The lowest BCUT2D eigenvalue weighted by Crippen LogP contribution is -2.07. The summed E-state index contributed by atoms with van der Waals surface area (Å²) in [6.45, 7) is 2.11. The number of hydrogen-bond donors (Lipinski definition) is 1. The molecule has 2 nitrogen and oxygen atoms in total. The normalized spacial score (nSPS) is 10.6. The van der Waals surface area contributed by atoms with Crippen LogP contribution in [0.4, 0.5) is 14.5 Å². The minimum atomic E-state index is -1.08. The van der Waals surface area contributed by atoms with Gasteiger partial charge in [-0.3, -0.25) is 4.79 Å². The molecule has 0 aliphatic heterocycles. The van der Waals surface area contributed by atoms with Crippen LogP contribution in [0.1, 0.15) is 41.3 Å². The molecule has 0 atom stereocenters. The molecule has 0 bridgehead atoms. The van der Waals surface area contributed by atoms with Crippen molar-refractivity contribution < 1.29 is 13.6 Å². The van der Waals surface area contributed by atoms with E-state index in [4.69, 9.17) is 5.73 Å². The van der Waals surface area contributed by atoms with Crippen LogP contribution in [0.3, 0.4) is 0 Å². The van der Waals surface area contributed by atoms with Crippen molar-refractivity contribution in [1.29, 1.82) is 0 Å². The molecule has 0 spiro atoms. The van der Waals surface area contributed by atoms with Crippen molar-refractivity contribution in [2.24, 2.45) is 0 Å². The van der Waals surface area contributed by atoms with Crippen LogP contribution in [0, 0.1) is 11.6 Å². The first-order chi connectivity index (χ1) is 10.0. The molecular formula is C17H17F2NO. The second-order valence-corrected chi connectivity index (χ2v) is 4.98. The number of nitrogen functional groups attached to an aromatic ring is 1. The fourth-order valence-corrected chi connectivity index (χ4v) is 2.12. The van der Waals surface area contributed by atoms with Crippen molar-refractivity contribution >= 4 is 11.5 Å². The van der Waals surface area contributed by atoms with Crippen LogP contribution in [0.2, 0.25) is 0 Å². The number of hydrogen-bond acceptors (Lipinski definition) is 2. The van der Waals surface area contributed by atoms with Gasteiger partial charge in [-0.2, -0.15) is 0 Å². The van der Waals surface area contributed by atoms with Gasteiger partial charge in [-0.25, -0.2) is 8.78 Å². The first-order valence-corrected chi connectivity index (χ1v) is 6.91. The fraction of sp³-hybridized carbons (Fsp3) is 0.235. The number of nitrogens with two attached hydrogens (primary N) is 1. The number of carbonyl (C=O) groups excluding carboxylic acids is 1. The number of aryl methyl sites for hydroxylation is 1. The highest BCUT2D eigenvalue weighted by Crippen LogP contribution is 2.21. The minimum Gasteiger partial charge on any atom is -0.398 e. The van der Waals surface area contributed by atoms with Crippen LogP contribution < -0.4 is 5.73 Å². The van der Waals surface area contributed by atoms with E-state index in [1.54, 1.807) is 12.1 Å². The molecule has 4 heteroatoms. The summed E-state index contributed by atoms with van der Waals surface area (Å²) in [5.74, 6) is -2.54. The summed E-state index contributed by atoms with van der Waals surface area (Å²) in [5, 5.41) is 0. The van der Waals surface area contributed by atoms with Gasteiger partial charge in [0.25, 0.3) is 0 Å². The quantitative estimate of drug-likeness (QED) is 0.664. The summed E-state index contributed by atoms with van der Waals surface area (Å²) < 4.78 is 26.3. The van der Waals surface area contributed by atoms with Crippen molar-refractivity contribution in [3.63, 3.8) is 0 Å². The van der Waals surface area contributed by atoms with Gasteiger partial charge in [0.1, 0.15) is 0 Å². The lowest BCUT2D eigenvalue weighted by molar-refractivity contribution is 0.103. The lowest BCUT2D eigenvalue weighted by atomic mass is 9.99. The van der Waals surface area contributed by atoms with Crippen molar-refractivity contribution in [3.05, 3.63) is 64.7 Å². The standard InChI is InChI=1S/C17H17F2NO/c1-2-3-4-11-5-7-12(8-6-11)17(21)13-9-14(18)15(19)10-16(13)20/h5-10H,2-4,20H2,1H3. The average molecular weight is 289 g/mol. The topological polar surface area (TPSA) is 43.1 Å². The summed E-state index contributed by atoms with van der Waals surface area (Å²) in [4.78, 5) is 12.3. The van der Waals surface area contributed by atoms with Crippen LogP contribution in [-0.4, -0.2) is 5.78 Å². The minimum absolute atomic E-state index is 0.0183. The second-order valence-electron chi connectivity index (χ2n) is 4.98. The number of halogens is 2. The maximum Gasteiger partial charge on any atom is 0.195 e. The van der Waals surface area contributed by atoms with E-state index < -0.39 is 17.4 Å². The highest BCUT2D eigenvalue weighted by molar-refractivity contribution is 6.12. The Balaban J connectivity index is 2.26. The van der Waals surface area contributed by atoms with Gasteiger partial charge in [0.05, 0.1) is 0 Å². The van der Waals surface area contributed by atoms with Gasteiger partial charge in [0, 0.05) is 22.9 Å². The van der Waals surface area contributed by atoms with Crippen molar-refractivity contribution in [2.75, 3.05) is 5.73 Å². The van der Waals surface area contributed by atoms with Crippen LogP contribution in [0.5, 0.6) is 0 Å². The van der Waals surface area contributed by atoms with Gasteiger partial charge in [-0.15, -0.1) is 0 Å². The summed E-state index contributed by atoms with van der Waals surface area (Å²) in [7, 11) is 0.